The topological polar surface area (TPSA) is 92.8 Å². The van der Waals surface area contributed by atoms with Crippen LogP contribution in [0, 0.1) is 20.2 Å². The molecule has 1 N–H and O–H groups in total. The molecule has 0 unspecified atom stereocenters. The van der Waals surface area contributed by atoms with E-state index in [2.05, 4.69) is 95.7 Å². The van der Waals surface area contributed by atoms with Crippen LogP contribution in [0.4, 0.5) is 5.69 Å². The number of anilines is 1. The standard InChI is InChI=1S/C26H26I4N2O5/c1-5-13-8-7-9-14(6-2)23(13)31-16(33)11-37-26(36)15(10-12(3)4)32-24(34)17-18(25(32)35)20(28)22(30)21(29)19(17)27/h7-9,12,15H,5-6,10-11H2,1-4H3,(H,31,33)/t15-/m0/s1. The van der Waals surface area contributed by atoms with Crippen LogP contribution in [0.25, 0.3) is 0 Å². The molecule has 1 atom stereocenters. The SMILES string of the molecule is CCc1cccc(CC)c1NC(=O)COC(=O)[C@H](CC(C)C)N1C(=O)c2c(I)c(I)c(I)c(I)c2C1=O. The van der Waals surface area contributed by atoms with Crippen LogP contribution in [-0.2, 0) is 27.2 Å². The van der Waals surface area contributed by atoms with Gasteiger partial charge in [-0.05, 0) is 127 Å². The van der Waals surface area contributed by atoms with Gasteiger partial charge in [0.15, 0.2) is 6.61 Å². The fourth-order valence-corrected chi connectivity index (χ4v) is 7.87. The Hall–Kier alpha value is -0.560. The lowest BCUT2D eigenvalue weighted by Gasteiger charge is -2.26. The highest BCUT2D eigenvalue weighted by Gasteiger charge is 2.47. The zero-order valence-corrected chi connectivity index (χ0v) is 29.3. The molecule has 2 aromatic carbocycles. The van der Waals surface area contributed by atoms with E-state index in [-0.39, 0.29) is 12.3 Å². The van der Waals surface area contributed by atoms with Gasteiger partial charge in [0.05, 0.1) is 11.1 Å². The van der Waals surface area contributed by atoms with Crippen molar-refractivity contribution in [2.75, 3.05) is 11.9 Å². The molecule has 0 aliphatic carbocycles. The number of nitrogens with one attached hydrogen (secondary N) is 1. The van der Waals surface area contributed by atoms with Gasteiger partial charge in [0.25, 0.3) is 17.7 Å². The summed E-state index contributed by atoms with van der Waals surface area (Å²) in [4.78, 5) is 54.0. The first-order chi connectivity index (χ1) is 17.4. The molecule has 2 aromatic rings. The number of ether oxygens (including phenoxy) is 1. The number of amides is 3. The van der Waals surface area contributed by atoms with Crippen molar-refractivity contribution in [3.05, 3.63) is 54.7 Å². The summed E-state index contributed by atoms with van der Waals surface area (Å²) in [5.41, 5.74) is 3.37. The monoisotopic (exact) mass is 954 g/mol. The average Bonchev–Trinajstić information content (AvgIpc) is 3.12. The molecule has 11 heteroatoms. The Balaban J connectivity index is 1.84. The van der Waals surface area contributed by atoms with Gasteiger partial charge in [-0.25, -0.2) is 4.79 Å². The number of rotatable bonds is 9. The Morgan fingerprint density at radius 3 is 1.81 bits per heavy atom. The summed E-state index contributed by atoms with van der Waals surface area (Å²) in [6.07, 6.45) is 1.72. The summed E-state index contributed by atoms with van der Waals surface area (Å²) in [5.74, 6) is -2.26. The molecule has 0 spiro atoms. The molecule has 0 fully saturated rings. The smallest absolute Gasteiger partial charge is 0.329 e. The Labute approximate surface area is 271 Å². The molecule has 1 aliphatic heterocycles. The summed E-state index contributed by atoms with van der Waals surface area (Å²) in [7, 11) is 0. The molecule has 0 aromatic heterocycles. The summed E-state index contributed by atoms with van der Waals surface area (Å²) in [5, 5.41) is 2.88. The van der Waals surface area contributed by atoms with Crippen molar-refractivity contribution in [2.45, 2.75) is 53.0 Å². The predicted molar refractivity (Wildman–Crippen MR) is 176 cm³/mol. The summed E-state index contributed by atoms with van der Waals surface area (Å²) >= 11 is 8.48. The number of esters is 1. The van der Waals surface area contributed by atoms with E-state index in [1.807, 2.05) is 45.9 Å². The third-order valence-corrected chi connectivity index (χ3v) is 13.4. The number of carbonyl (C=O) groups excluding carboxylic acids is 4. The van der Waals surface area contributed by atoms with Gasteiger partial charge < -0.3 is 10.1 Å². The minimum atomic E-state index is -1.13. The third-order valence-electron chi connectivity index (χ3n) is 6.02. The molecule has 7 nitrogen and oxygen atoms in total. The molecule has 0 saturated carbocycles. The number of nitrogens with zero attached hydrogens (tertiary/aromatic N) is 1. The summed E-state index contributed by atoms with van der Waals surface area (Å²) in [6.45, 7) is 7.31. The molecule has 1 aliphatic rings. The number of benzene rings is 2. The highest BCUT2D eigenvalue weighted by atomic mass is 127. The quantitative estimate of drug-likeness (QED) is 0.103. The van der Waals surface area contributed by atoms with Crippen LogP contribution in [0.2, 0.25) is 0 Å². The second-order valence-electron chi connectivity index (χ2n) is 8.95. The average molecular weight is 954 g/mol. The normalized spacial score (nSPS) is 13.7. The Bertz CT molecular complexity index is 1210. The number of aryl methyl sites for hydroxylation is 2. The molecule has 1 heterocycles. The molecule has 0 radical (unpaired) electrons. The van der Waals surface area contributed by atoms with Crippen LogP contribution in [0.1, 0.15) is 66.0 Å². The lowest BCUT2D eigenvalue weighted by molar-refractivity contribution is -0.151. The van der Waals surface area contributed by atoms with E-state index in [0.717, 1.165) is 41.7 Å². The lowest BCUT2D eigenvalue weighted by Crippen LogP contribution is -2.47. The van der Waals surface area contributed by atoms with Crippen LogP contribution in [0.3, 0.4) is 0 Å². The van der Waals surface area contributed by atoms with Gasteiger partial charge in [-0.2, -0.15) is 0 Å². The highest BCUT2D eigenvalue weighted by Crippen LogP contribution is 2.39. The van der Waals surface area contributed by atoms with Crippen molar-refractivity contribution in [2.24, 2.45) is 5.92 Å². The molecule has 0 saturated heterocycles. The minimum Gasteiger partial charge on any atom is -0.454 e. The summed E-state index contributed by atoms with van der Waals surface area (Å²) < 4.78 is 8.56. The summed E-state index contributed by atoms with van der Waals surface area (Å²) in [6, 6.07) is 4.73. The van der Waals surface area contributed by atoms with Crippen molar-refractivity contribution in [3.8, 4) is 0 Å². The number of para-hydroxylation sites is 1. The maximum absolute atomic E-state index is 13.5. The van der Waals surface area contributed by atoms with Crippen molar-refractivity contribution in [1.29, 1.82) is 0 Å². The number of hydrogen-bond donors (Lipinski definition) is 1. The van der Waals surface area contributed by atoms with Crippen molar-refractivity contribution >= 4 is 120 Å². The van der Waals surface area contributed by atoms with E-state index in [1.54, 1.807) is 0 Å². The van der Waals surface area contributed by atoms with Gasteiger partial charge >= 0.3 is 5.97 Å². The zero-order chi connectivity index (χ0) is 27.6. The van der Waals surface area contributed by atoms with Crippen LogP contribution in [0.15, 0.2) is 18.2 Å². The van der Waals surface area contributed by atoms with Crippen molar-refractivity contribution in [3.63, 3.8) is 0 Å². The van der Waals surface area contributed by atoms with E-state index < -0.39 is 36.3 Å². The van der Waals surface area contributed by atoms with Crippen LogP contribution < -0.4 is 5.32 Å². The third kappa shape index (κ3) is 6.44. The fourth-order valence-electron chi connectivity index (χ4n) is 4.21. The van der Waals surface area contributed by atoms with E-state index in [9.17, 15) is 19.2 Å². The van der Waals surface area contributed by atoms with E-state index in [0.29, 0.717) is 18.3 Å². The maximum Gasteiger partial charge on any atom is 0.329 e. The minimum absolute atomic E-state index is 0.00218. The number of fused-ring (bicyclic) bond motifs is 1. The van der Waals surface area contributed by atoms with Gasteiger partial charge in [0.1, 0.15) is 6.04 Å². The molecule has 0 bridgehead atoms. The van der Waals surface area contributed by atoms with Gasteiger partial charge in [-0.3, -0.25) is 19.3 Å². The molecule has 3 amide bonds. The first-order valence-corrected chi connectivity index (χ1v) is 16.1. The van der Waals surface area contributed by atoms with Crippen LogP contribution in [0.5, 0.6) is 0 Å². The molecule has 198 valence electrons. The van der Waals surface area contributed by atoms with E-state index in [4.69, 9.17) is 4.74 Å². The predicted octanol–water partition coefficient (Wildman–Crippen LogP) is 6.42. The zero-order valence-electron chi connectivity index (χ0n) is 20.7. The van der Waals surface area contributed by atoms with E-state index in [1.165, 1.54) is 0 Å². The Morgan fingerprint density at radius 2 is 1.38 bits per heavy atom. The number of halogens is 4. The molecular formula is C26H26I4N2O5. The largest absolute Gasteiger partial charge is 0.454 e. The number of carbonyl (C=O) groups is 4. The second-order valence-corrected chi connectivity index (χ2v) is 13.3. The maximum atomic E-state index is 13.5. The molecular weight excluding hydrogens is 928 g/mol. The lowest BCUT2D eigenvalue weighted by atomic mass is 10.0. The second kappa shape index (κ2) is 13.2. The van der Waals surface area contributed by atoms with Gasteiger partial charge in [-0.15, -0.1) is 0 Å². The Morgan fingerprint density at radius 1 is 0.892 bits per heavy atom. The fraction of sp³-hybridized carbons (Fsp3) is 0.385. The van der Waals surface area contributed by atoms with Crippen molar-refractivity contribution in [1.82, 2.24) is 4.90 Å². The first kappa shape index (κ1) is 31.0. The van der Waals surface area contributed by atoms with E-state index >= 15 is 0 Å². The van der Waals surface area contributed by atoms with Crippen LogP contribution in [-0.4, -0.2) is 41.2 Å². The molecule has 37 heavy (non-hydrogen) atoms. The number of hydrogen-bond acceptors (Lipinski definition) is 5. The molecule has 3 rings (SSSR count). The van der Waals surface area contributed by atoms with Crippen molar-refractivity contribution < 1.29 is 23.9 Å². The highest BCUT2D eigenvalue weighted by molar-refractivity contribution is 14.1. The van der Waals surface area contributed by atoms with Gasteiger partial charge in [-0.1, -0.05) is 45.9 Å². The van der Waals surface area contributed by atoms with Gasteiger partial charge in [0, 0.05) is 20.0 Å². The first-order valence-electron chi connectivity index (χ1n) is 11.7. The van der Waals surface area contributed by atoms with Crippen LogP contribution >= 0.6 is 90.4 Å². The van der Waals surface area contributed by atoms with Gasteiger partial charge in [0.2, 0.25) is 0 Å². The Kier molecular flexibility index (Phi) is 11.0. The number of imide groups is 1.